The van der Waals surface area contributed by atoms with Crippen LogP contribution in [0.1, 0.15) is 50.0 Å². The lowest BCUT2D eigenvalue weighted by Gasteiger charge is -2.34. The van der Waals surface area contributed by atoms with Crippen LogP contribution in [-0.2, 0) is 26.2 Å². The molecular weight excluding hydrogens is 478 g/mol. The van der Waals surface area contributed by atoms with Gasteiger partial charge in [0.05, 0.1) is 5.56 Å². The lowest BCUT2D eigenvalue weighted by molar-refractivity contribution is -0.141. The topological polar surface area (TPSA) is 104 Å². The molecule has 0 saturated carbocycles. The minimum atomic E-state index is -4.18. The number of nitrogens with one attached hydrogen (secondary N) is 1. The van der Waals surface area contributed by atoms with Crippen molar-refractivity contribution < 1.29 is 22.8 Å². The van der Waals surface area contributed by atoms with Gasteiger partial charge in [-0.1, -0.05) is 48.9 Å². The van der Waals surface area contributed by atoms with E-state index in [0.717, 1.165) is 0 Å². The number of rotatable bonds is 7. The first kappa shape index (κ1) is 25.7. The van der Waals surface area contributed by atoms with E-state index in [1.807, 2.05) is 20.8 Å². The summed E-state index contributed by atoms with van der Waals surface area (Å²) >= 11 is 6.31. The Morgan fingerprint density at radius 1 is 1.09 bits per heavy atom. The molecule has 0 spiro atoms. The summed E-state index contributed by atoms with van der Waals surface area (Å²) in [7, 11) is -4.18. The fraction of sp³-hybridized carbons (Fsp3) is 0.375. The third kappa shape index (κ3) is 5.26. The van der Waals surface area contributed by atoms with Crippen LogP contribution in [0.3, 0.4) is 0 Å². The molecule has 1 N–H and O–H groups in total. The Balaban J connectivity index is 1.96. The monoisotopic (exact) mass is 505 g/mol. The van der Waals surface area contributed by atoms with E-state index in [2.05, 4.69) is 5.32 Å². The highest BCUT2D eigenvalue weighted by molar-refractivity contribution is 7.90. The molecular formula is C24H28ClN3O5S. The molecule has 1 aliphatic heterocycles. The number of hydrogen-bond acceptors (Lipinski definition) is 5. The number of hydrogen-bond donors (Lipinski definition) is 1. The van der Waals surface area contributed by atoms with E-state index < -0.39 is 40.0 Å². The van der Waals surface area contributed by atoms with Gasteiger partial charge in [0, 0.05) is 17.1 Å². The Morgan fingerprint density at radius 3 is 2.29 bits per heavy atom. The Kier molecular flexibility index (Phi) is 7.38. The largest absolute Gasteiger partial charge is 0.350 e. The molecule has 0 aromatic heterocycles. The zero-order chi connectivity index (χ0) is 25.3. The molecule has 2 aromatic carbocycles. The molecule has 3 rings (SSSR count). The first-order valence-electron chi connectivity index (χ1n) is 10.9. The summed E-state index contributed by atoms with van der Waals surface area (Å²) in [5, 5.41) is 3.28. The van der Waals surface area contributed by atoms with Crippen LogP contribution in [0.15, 0.2) is 53.4 Å². The molecule has 0 aliphatic carbocycles. The summed E-state index contributed by atoms with van der Waals surface area (Å²) in [6.07, 6.45) is 0.277. The number of fused-ring (bicyclic) bond motifs is 1. The van der Waals surface area contributed by atoms with Crippen molar-refractivity contribution in [1.29, 1.82) is 0 Å². The first-order valence-corrected chi connectivity index (χ1v) is 12.7. The van der Waals surface area contributed by atoms with Gasteiger partial charge in [0.15, 0.2) is 0 Å². The molecule has 10 heteroatoms. The lowest BCUT2D eigenvalue weighted by Crippen LogP contribution is -2.55. The van der Waals surface area contributed by atoms with Gasteiger partial charge in [-0.15, -0.1) is 0 Å². The smallest absolute Gasteiger partial charge is 0.269 e. The zero-order valence-electron chi connectivity index (χ0n) is 19.5. The van der Waals surface area contributed by atoms with E-state index in [4.69, 9.17) is 11.6 Å². The zero-order valence-corrected chi connectivity index (χ0v) is 21.1. The van der Waals surface area contributed by atoms with Crippen LogP contribution in [-0.4, -0.2) is 53.5 Å². The molecule has 1 heterocycles. The molecule has 0 fully saturated rings. The number of benzene rings is 2. The predicted octanol–water partition coefficient (Wildman–Crippen LogP) is 3.21. The van der Waals surface area contributed by atoms with Crippen LogP contribution in [0.25, 0.3) is 0 Å². The molecule has 0 saturated heterocycles. The van der Waals surface area contributed by atoms with Crippen molar-refractivity contribution in [3.63, 3.8) is 0 Å². The van der Waals surface area contributed by atoms with Crippen LogP contribution in [0.5, 0.6) is 0 Å². The molecule has 182 valence electrons. The molecule has 3 amide bonds. The SMILES string of the molecule is CC[C@@H](C(=O)NC(C)(C)C)N(Cc1ccccc1Cl)C(=O)CN1C(=O)c2ccccc2S1(=O)=O. The number of nitrogens with zero attached hydrogens (tertiary/aromatic N) is 2. The first-order chi connectivity index (χ1) is 15.9. The fourth-order valence-electron chi connectivity index (χ4n) is 3.78. The number of halogens is 1. The molecule has 0 unspecified atom stereocenters. The van der Waals surface area contributed by atoms with E-state index in [1.54, 1.807) is 37.3 Å². The van der Waals surface area contributed by atoms with Crippen molar-refractivity contribution in [1.82, 2.24) is 14.5 Å². The van der Waals surface area contributed by atoms with Crippen molar-refractivity contribution in [2.75, 3.05) is 6.54 Å². The summed E-state index contributed by atoms with van der Waals surface area (Å²) in [6.45, 7) is 6.48. The number of carbonyl (C=O) groups is 3. The van der Waals surface area contributed by atoms with Gasteiger partial charge in [0.25, 0.3) is 15.9 Å². The molecule has 34 heavy (non-hydrogen) atoms. The van der Waals surface area contributed by atoms with E-state index in [9.17, 15) is 22.8 Å². The third-order valence-corrected chi connectivity index (χ3v) is 7.53. The van der Waals surface area contributed by atoms with Gasteiger partial charge in [-0.2, -0.15) is 0 Å². The van der Waals surface area contributed by atoms with Crippen molar-refractivity contribution in [2.24, 2.45) is 0 Å². The molecule has 0 bridgehead atoms. The van der Waals surface area contributed by atoms with Gasteiger partial charge in [-0.3, -0.25) is 14.4 Å². The highest BCUT2D eigenvalue weighted by Gasteiger charge is 2.43. The number of sulfonamides is 1. The summed E-state index contributed by atoms with van der Waals surface area (Å²) in [5.41, 5.74) is 0.0726. The Labute approximate surface area is 204 Å². The second-order valence-electron chi connectivity index (χ2n) is 9.09. The molecule has 8 nitrogen and oxygen atoms in total. The Hall–Kier alpha value is -2.91. The lowest BCUT2D eigenvalue weighted by atomic mass is 10.1. The molecule has 2 aromatic rings. The minimum Gasteiger partial charge on any atom is -0.350 e. The number of carbonyl (C=O) groups excluding carboxylic acids is 3. The van der Waals surface area contributed by atoms with Crippen LogP contribution >= 0.6 is 11.6 Å². The quantitative estimate of drug-likeness (QED) is 0.622. The minimum absolute atomic E-state index is 0.0190. The van der Waals surface area contributed by atoms with Gasteiger partial charge in [0.1, 0.15) is 17.5 Å². The van der Waals surface area contributed by atoms with Crippen LogP contribution < -0.4 is 5.32 Å². The molecule has 0 radical (unpaired) electrons. The maximum absolute atomic E-state index is 13.5. The van der Waals surface area contributed by atoms with E-state index in [1.165, 1.54) is 23.1 Å². The maximum Gasteiger partial charge on any atom is 0.269 e. The van der Waals surface area contributed by atoms with E-state index >= 15 is 0 Å². The molecule has 1 atom stereocenters. The normalized spacial score (nSPS) is 15.6. The van der Waals surface area contributed by atoms with Crippen LogP contribution in [0.4, 0.5) is 0 Å². The highest BCUT2D eigenvalue weighted by Crippen LogP contribution is 2.30. The van der Waals surface area contributed by atoms with E-state index in [0.29, 0.717) is 14.9 Å². The third-order valence-electron chi connectivity index (χ3n) is 5.37. The second kappa shape index (κ2) is 9.76. The van der Waals surface area contributed by atoms with Crippen molar-refractivity contribution in [3.05, 3.63) is 64.7 Å². The van der Waals surface area contributed by atoms with Gasteiger partial charge in [-0.05, 0) is 51.0 Å². The fourth-order valence-corrected chi connectivity index (χ4v) is 5.50. The van der Waals surface area contributed by atoms with Crippen molar-refractivity contribution in [3.8, 4) is 0 Å². The predicted molar refractivity (Wildman–Crippen MR) is 129 cm³/mol. The van der Waals surface area contributed by atoms with Crippen molar-refractivity contribution in [2.45, 2.75) is 57.1 Å². The van der Waals surface area contributed by atoms with Gasteiger partial charge in [-0.25, -0.2) is 12.7 Å². The highest BCUT2D eigenvalue weighted by atomic mass is 35.5. The second-order valence-corrected chi connectivity index (χ2v) is 11.3. The molecule has 1 aliphatic rings. The summed E-state index contributed by atoms with van der Waals surface area (Å²) in [6, 6.07) is 11.8. The van der Waals surface area contributed by atoms with Gasteiger partial charge in [0.2, 0.25) is 11.8 Å². The van der Waals surface area contributed by atoms with Crippen molar-refractivity contribution >= 4 is 39.3 Å². The Bertz CT molecular complexity index is 1220. The van der Waals surface area contributed by atoms with E-state index in [-0.39, 0.29) is 29.3 Å². The summed E-state index contributed by atoms with van der Waals surface area (Å²) in [4.78, 5) is 40.6. The van der Waals surface area contributed by atoms with Gasteiger partial charge >= 0.3 is 0 Å². The average molecular weight is 506 g/mol. The Morgan fingerprint density at radius 2 is 1.71 bits per heavy atom. The summed E-state index contributed by atoms with van der Waals surface area (Å²) in [5.74, 6) is -1.83. The maximum atomic E-state index is 13.5. The van der Waals surface area contributed by atoms with Crippen LogP contribution in [0, 0.1) is 0 Å². The number of amides is 3. The van der Waals surface area contributed by atoms with Crippen LogP contribution in [0.2, 0.25) is 5.02 Å². The standard InChI is InChI=1S/C24H28ClN3O5S/c1-5-19(22(30)26-24(2,3)4)27(14-16-10-6-8-12-18(16)25)21(29)15-28-23(31)17-11-7-9-13-20(17)34(28,32)33/h6-13,19H,5,14-15H2,1-4H3,(H,26,30)/t19-/m0/s1. The average Bonchev–Trinajstić information content (AvgIpc) is 2.94. The summed E-state index contributed by atoms with van der Waals surface area (Å²) < 4.78 is 26.5. The van der Waals surface area contributed by atoms with Gasteiger partial charge < -0.3 is 10.2 Å².